The predicted octanol–water partition coefficient (Wildman–Crippen LogP) is 2.46. The van der Waals surface area contributed by atoms with E-state index in [0.717, 1.165) is 5.56 Å². The molecule has 0 fully saturated rings. The number of hydrogen-bond acceptors (Lipinski definition) is 4. The summed E-state index contributed by atoms with van der Waals surface area (Å²) in [5.41, 5.74) is 1.65. The summed E-state index contributed by atoms with van der Waals surface area (Å²) in [4.78, 5) is 33.9. The van der Waals surface area contributed by atoms with Gasteiger partial charge >= 0.3 is 0 Å². The smallest absolute Gasteiger partial charge is 0.260 e. The number of ether oxygens (including phenoxy) is 1. The highest BCUT2D eigenvalue weighted by molar-refractivity contribution is 5.78. The van der Waals surface area contributed by atoms with Crippen molar-refractivity contribution in [3.05, 3.63) is 93.4 Å². The predicted molar refractivity (Wildman–Crippen MR) is 105 cm³/mol. The van der Waals surface area contributed by atoms with Crippen LogP contribution in [0.3, 0.4) is 0 Å². The molecule has 0 atom stereocenters. The normalized spacial score (nSPS) is 13.1. The number of nitrogens with zero attached hydrogens (tertiary/aromatic N) is 2. The highest BCUT2D eigenvalue weighted by Gasteiger charge is 2.24. The Kier molecular flexibility index (Phi) is 5.37. The molecule has 0 bridgehead atoms. The maximum atomic E-state index is 13.4. The summed E-state index contributed by atoms with van der Waals surface area (Å²) in [6, 6.07) is 15.3. The van der Waals surface area contributed by atoms with Gasteiger partial charge in [-0.3, -0.25) is 9.59 Å². The molecule has 1 aliphatic heterocycles. The first kappa shape index (κ1) is 18.9. The summed E-state index contributed by atoms with van der Waals surface area (Å²) < 4.78 is 18.9. The number of halogens is 1. The van der Waals surface area contributed by atoms with Crippen molar-refractivity contribution >= 4 is 5.91 Å². The molecule has 2 heterocycles. The van der Waals surface area contributed by atoms with Crippen molar-refractivity contribution in [3.8, 4) is 5.75 Å². The number of aromatic amines is 1. The Labute approximate surface area is 167 Å². The zero-order valence-electron chi connectivity index (χ0n) is 15.7. The molecule has 1 amide bonds. The van der Waals surface area contributed by atoms with Gasteiger partial charge in [0.2, 0.25) is 0 Å². The summed E-state index contributed by atoms with van der Waals surface area (Å²) in [7, 11) is 0. The fourth-order valence-corrected chi connectivity index (χ4v) is 3.37. The Balaban J connectivity index is 1.44. The van der Waals surface area contributed by atoms with E-state index in [2.05, 4.69) is 9.97 Å². The van der Waals surface area contributed by atoms with Crippen LogP contribution in [-0.4, -0.2) is 33.9 Å². The molecular weight excluding hydrogens is 373 g/mol. The lowest BCUT2D eigenvalue weighted by atomic mass is 10.1. The summed E-state index contributed by atoms with van der Waals surface area (Å²) in [6.07, 6.45) is 0.834. The lowest BCUT2D eigenvalue weighted by molar-refractivity contribution is -0.134. The average Bonchev–Trinajstić information content (AvgIpc) is 2.72. The van der Waals surface area contributed by atoms with Crippen LogP contribution in [0.2, 0.25) is 0 Å². The van der Waals surface area contributed by atoms with E-state index in [1.54, 1.807) is 29.2 Å². The minimum Gasteiger partial charge on any atom is -0.484 e. The minimum absolute atomic E-state index is 0.0810. The maximum absolute atomic E-state index is 13.4. The van der Waals surface area contributed by atoms with Crippen molar-refractivity contribution in [3.63, 3.8) is 0 Å². The molecule has 148 valence electrons. The molecule has 7 heteroatoms. The van der Waals surface area contributed by atoms with E-state index in [0.29, 0.717) is 42.2 Å². The Morgan fingerprint density at radius 1 is 1.17 bits per heavy atom. The van der Waals surface area contributed by atoms with E-state index in [9.17, 15) is 14.0 Å². The van der Waals surface area contributed by atoms with E-state index in [1.165, 1.54) is 12.1 Å². The first-order valence-corrected chi connectivity index (χ1v) is 9.39. The number of carbonyl (C=O) groups excluding carboxylic acids is 1. The van der Waals surface area contributed by atoms with Crippen LogP contribution in [0.1, 0.15) is 22.6 Å². The SMILES string of the molecule is O=C(COc1ccccc1)N1CCc2nc(Cc3cccc(F)c3)[nH]c(=O)c2C1. The van der Waals surface area contributed by atoms with Crippen molar-refractivity contribution in [1.29, 1.82) is 0 Å². The third-order valence-corrected chi connectivity index (χ3v) is 4.84. The number of nitrogens with one attached hydrogen (secondary N) is 1. The van der Waals surface area contributed by atoms with Crippen LogP contribution >= 0.6 is 0 Å². The molecule has 0 radical (unpaired) electrons. The molecule has 0 saturated carbocycles. The quantitative estimate of drug-likeness (QED) is 0.723. The molecule has 1 N–H and O–H groups in total. The highest BCUT2D eigenvalue weighted by atomic mass is 19.1. The van der Waals surface area contributed by atoms with Gasteiger partial charge in [0.1, 0.15) is 17.4 Å². The van der Waals surface area contributed by atoms with Crippen LogP contribution in [0.15, 0.2) is 59.4 Å². The van der Waals surface area contributed by atoms with E-state index in [-0.39, 0.29) is 30.4 Å². The lowest BCUT2D eigenvalue weighted by Crippen LogP contribution is -2.41. The molecule has 3 aromatic rings. The van der Waals surface area contributed by atoms with Gasteiger partial charge in [0.05, 0.1) is 17.8 Å². The maximum Gasteiger partial charge on any atom is 0.260 e. The number of hydrogen-bond donors (Lipinski definition) is 1. The largest absolute Gasteiger partial charge is 0.484 e. The molecule has 0 aliphatic carbocycles. The van der Waals surface area contributed by atoms with Gasteiger partial charge < -0.3 is 14.6 Å². The van der Waals surface area contributed by atoms with Crippen molar-refractivity contribution in [2.75, 3.05) is 13.2 Å². The summed E-state index contributed by atoms with van der Waals surface area (Å²) in [5.74, 6) is 0.615. The van der Waals surface area contributed by atoms with Gasteiger partial charge in [0.15, 0.2) is 6.61 Å². The van der Waals surface area contributed by atoms with Crippen LogP contribution < -0.4 is 10.3 Å². The number of carbonyl (C=O) groups is 1. The third-order valence-electron chi connectivity index (χ3n) is 4.84. The standard InChI is InChI=1S/C22H20FN3O3/c23-16-6-4-5-15(11-16)12-20-24-19-9-10-26(13-18(19)22(28)25-20)21(27)14-29-17-7-2-1-3-8-17/h1-8,11H,9-10,12-14H2,(H,24,25,28). The lowest BCUT2D eigenvalue weighted by Gasteiger charge is -2.27. The van der Waals surface area contributed by atoms with Crippen LogP contribution in [-0.2, 0) is 24.2 Å². The molecule has 0 spiro atoms. The second-order valence-corrected chi connectivity index (χ2v) is 6.91. The van der Waals surface area contributed by atoms with E-state index in [4.69, 9.17) is 4.74 Å². The van der Waals surface area contributed by atoms with E-state index in [1.807, 2.05) is 18.2 Å². The van der Waals surface area contributed by atoms with E-state index >= 15 is 0 Å². The Morgan fingerprint density at radius 3 is 2.79 bits per heavy atom. The Hall–Kier alpha value is -3.48. The molecule has 1 aromatic heterocycles. The van der Waals surface area contributed by atoms with Gasteiger partial charge in [0, 0.05) is 19.4 Å². The van der Waals surface area contributed by atoms with Crippen LogP contribution in [0.25, 0.3) is 0 Å². The minimum atomic E-state index is -0.324. The molecule has 2 aromatic carbocycles. The van der Waals surface area contributed by atoms with Gasteiger partial charge in [0.25, 0.3) is 11.5 Å². The molecule has 4 rings (SSSR count). The molecule has 29 heavy (non-hydrogen) atoms. The first-order chi connectivity index (χ1) is 14.1. The first-order valence-electron chi connectivity index (χ1n) is 9.39. The zero-order valence-corrected chi connectivity index (χ0v) is 15.7. The third kappa shape index (κ3) is 4.51. The van der Waals surface area contributed by atoms with Gasteiger partial charge in [-0.15, -0.1) is 0 Å². The van der Waals surface area contributed by atoms with Crippen LogP contribution in [0, 0.1) is 5.82 Å². The number of amides is 1. The zero-order chi connectivity index (χ0) is 20.2. The van der Waals surface area contributed by atoms with Gasteiger partial charge in [-0.2, -0.15) is 0 Å². The number of para-hydroxylation sites is 1. The second kappa shape index (κ2) is 8.26. The van der Waals surface area contributed by atoms with E-state index < -0.39 is 0 Å². The Bertz CT molecular complexity index is 1080. The summed E-state index contributed by atoms with van der Waals surface area (Å²) in [5, 5.41) is 0. The van der Waals surface area contributed by atoms with Crippen molar-refractivity contribution in [2.45, 2.75) is 19.4 Å². The van der Waals surface area contributed by atoms with Crippen LogP contribution in [0.5, 0.6) is 5.75 Å². The van der Waals surface area contributed by atoms with Crippen molar-refractivity contribution in [1.82, 2.24) is 14.9 Å². The molecular formula is C22H20FN3O3. The summed E-state index contributed by atoms with van der Waals surface area (Å²) >= 11 is 0. The number of rotatable bonds is 5. The molecule has 6 nitrogen and oxygen atoms in total. The number of benzene rings is 2. The van der Waals surface area contributed by atoms with Gasteiger partial charge in [-0.05, 0) is 29.8 Å². The number of H-pyrrole nitrogens is 1. The molecule has 0 saturated heterocycles. The number of fused-ring (bicyclic) bond motifs is 1. The second-order valence-electron chi connectivity index (χ2n) is 6.91. The number of aromatic nitrogens is 2. The van der Waals surface area contributed by atoms with Crippen molar-refractivity contribution < 1.29 is 13.9 Å². The van der Waals surface area contributed by atoms with Gasteiger partial charge in [-0.25, -0.2) is 9.37 Å². The van der Waals surface area contributed by atoms with Crippen LogP contribution in [0.4, 0.5) is 4.39 Å². The fourth-order valence-electron chi connectivity index (χ4n) is 3.37. The molecule has 0 unspecified atom stereocenters. The van der Waals surface area contributed by atoms with Crippen molar-refractivity contribution in [2.24, 2.45) is 0 Å². The average molecular weight is 393 g/mol. The Morgan fingerprint density at radius 2 is 2.00 bits per heavy atom. The fraction of sp³-hybridized carbons (Fsp3) is 0.227. The highest BCUT2D eigenvalue weighted by Crippen LogP contribution is 2.16. The summed E-state index contributed by atoms with van der Waals surface area (Å²) in [6.45, 7) is 0.594. The molecule has 1 aliphatic rings. The topological polar surface area (TPSA) is 75.3 Å². The van der Waals surface area contributed by atoms with Gasteiger partial charge in [-0.1, -0.05) is 30.3 Å². The monoisotopic (exact) mass is 393 g/mol.